The van der Waals surface area contributed by atoms with Crippen LogP contribution in [-0.2, 0) is 6.42 Å². The van der Waals surface area contributed by atoms with Gasteiger partial charge >= 0.3 is 0 Å². The number of hydrogen-bond donors (Lipinski definition) is 0. The van der Waals surface area contributed by atoms with Gasteiger partial charge in [-0.3, -0.25) is 0 Å². The van der Waals surface area contributed by atoms with E-state index < -0.39 is 0 Å². The highest BCUT2D eigenvalue weighted by Gasteiger charge is 2.09. The number of nitriles is 1. The fraction of sp³-hybridized carbons (Fsp3) is 0.182. The third-order valence-electron chi connectivity index (χ3n) is 2.09. The number of halogens is 1. The molecule has 0 aliphatic heterocycles. The number of fused-ring (bicyclic) bond motifs is 1. The zero-order valence-electron chi connectivity index (χ0n) is 7.67. The third kappa shape index (κ3) is 1.50. The molecule has 0 saturated heterocycles. The molecule has 0 spiro atoms. The lowest BCUT2D eigenvalue weighted by molar-refractivity contribution is 1.32. The first kappa shape index (κ1) is 9.51. The predicted molar refractivity (Wildman–Crippen MR) is 60.9 cm³/mol. The van der Waals surface area contributed by atoms with E-state index in [1.807, 2.05) is 12.1 Å². The molecular formula is C11H8ClNS. The number of hydrogen-bond acceptors (Lipinski definition) is 2. The Hall–Kier alpha value is -1.04. The first-order valence-electron chi connectivity index (χ1n) is 4.27. The highest BCUT2D eigenvalue weighted by atomic mass is 35.5. The Bertz CT molecular complexity index is 522. The van der Waals surface area contributed by atoms with Gasteiger partial charge < -0.3 is 0 Å². The molecule has 0 radical (unpaired) electrons. The predicted octanol–water partition coefficient (Wildman–Crippen LogP) is 3.93. The van der Waals surface area contributed by atoms with Crippen molar-refractivity contribution in [3.05, 3.63) is 33.7 Å². The van der Waals surface area contributed by atoms with Crippen molar-refractivity contribution in [1.82, 2.24) is 0 Å². The molecule has 0 aliphatic rings. The second-order valence-electron chi connectivity index (χ2n) is 3.17. The Morgan fingerprint density at radius 2 is 2.29 bits per heavy atom. The molecule has 1 aromatic carbocycles. The van der Waals surface area contributed by atoms with Crippen molar-refractivity contribution in [3.63, 3.8) is 0 Å². The molecule has 0 atom stereocenters. The smallest absolute Gasteiger partial charge is 0.0711 e. The van der Waals surface area contributed by atoms with Gasteiger partial charge in [-0.15, -0.1) is 11.3 Å². The maximum absolute atomic E-state index is 8.62. The van der Waals surface area contributed by atoms with Gasteiger partial charge in [0.1, 0.15) is 0 Å². The van der Waals surface area contributed by atoms with Gasteiger partial charge in [-0.25, -0.2) is 0 Å². The summed E-state index contributed by atoms with van der Waals surface area (Å²) in [6.45, 7) is 2.05. The molecule has 0 saturated carbocycles. The Kier molecular flexibility index (Phi) is 2.45. The summed E-state index contributed by atoms with van der Waals surface area (Å²) < 4.78 is 1.17. The number of thiophene rings is 1. The highest BCUT2D eigenvalue weighted by Crippen LogP contribution is 2.35. The first-order valence-corrected chi connectivity index (χ1v) is 5.46. The molecule has 14 heavy (non-hydrogen) atoms. The Morgan fingerprint density at radius 1 is 1.50 bits per heavy atom. The van der Waals surface area contributed by atoms with Gasteiger partial charge in [0.05, 0.1) is 17.5 Å². The molecule has 2 rings (SSSR count). The van der Waals surface area contributed by atoms with Gasteiger partial charge in [0, 0.05) is 15.0 Å². The van der Waals surface area contributed by atoms with E-state index in [4.69, 9.17) is 16.9 Å². The monoisotopic (exact) mass is 221 g/mol. The number of benzene rings is 1. The molecule has 0 fully saturated rings. The lowest BCUT2D eigenvalue weighted by Gasteiger charge is -1.91. The Morgan fingerprint density at radius 3 is 3.00 bits per heavy atom. The third-order valence-corrected chi connectivity index (χ3v) is 3.79. The van der Waals surface area contributed by atoms with Crippen LogP contribution in [0, 0.1) is 18.3 Å². The fourth-order valence-electron chi connectivity index (χ4n) is 1.41. The van der Waals surface area contributed by atoms with Crippen molar-refractivity contribution in [2.45, 2.75) is 13.3 Å². The lowest BCUT2D eigenvalue weighted by atomic mass is 10.2. The van der Waals surface area contributed by atoms with Gasteiger partial charge in [-0.2, -0.15) is 5.26 Å². The Balaban J connectivity index is 2.68. The maximum atomic E-state index is 8.62. The van der Waals surface area contributed by atoms with E-state index in [9.17, 15) is 0 Å². The Labute approximate surface area is 91.5 Å². The fourth-order valence-corrected chi connectivity index (χ4v) is 2.94. The molecule has 0 unspecified atom stereocenters. The molecule has 1 aromatic heterocycles. The summed E-state index contributed by atoms with van der Waals surface area (Å²) in [5.41, 5.74) is 1.22. The van der Waals surface area contributed by atoms with Crippen LogP contribution in [0.1, 0.15) is 10.4 Å². The average molecular weight is 222 g/mol. The standard InChI is InChI=1S/C11H8ClNS/c1-7-2-3-8-10(6-7)14-9(4-5-13)11(8)12/h2-3,6H,4H2,1H3. The first-order chi connectivity index (χ1) is 6.72. The van der Waals surface area contributed by atoms with Crippen LogP contribution in [0.25, 0.3) is 10.1 Å². The van der Waals surface area contributed by atoms with Crippen molar-refractivity contribution in [2.24, 2.45) is 0 Å². The van der Waals surface area contributed by atoms with Crippen LogP contribution in [-0.4, -0.2) is 0 Å². The van der Waals surface area contributed by atoms with Crippen molar-refractivity contribution in [2.75, 3.05) is 0 Å². The average Bonchev–Trinajstić information content (AvgIpc) is 2.44. The zero-order chi connectivity index (χ0) is 10.1. The molecule has 2 aromatic rings. The molecule has 3 heteroatoms. The van der Waals surface area contributed by atoms with E-state index in [-0.39, 0.29) is 0 Å². The van der Waals surface area contributed by atoms with Crippen LogP contribution in [0.2, 0.25) is 5.02 Å². The molecule has 1 nitrogen and oxygen atoms in total. The maximum Gasteiger partial charge on any atom is 0.0711 e. The molecule has 0 bridgehead atoms. The van der Waals surface area contributed by atoms with Crippen LogP contribution < -0.4 is 0 Å². The van der Waals surface area contributed by atoms with Crippen LogP contribution in [0.5, 0.6) is 0 Å². The van der Waals surface area contributed by atoms with E-state index in [0.29, 0.717) is 6.42 Å². The topological polar surface area (TPSA) is 23.8 Å². The number of rotatable bonds is 1. The molecule has 0 aliphatic carbocycles. The van der Waals surface area contributed by atoms with E-state index in [1.165, 1.54) is 10.3 Å². The number of aryl methyl sites for hydroxylation is 1. The minimum Gasteiger partial charge on any atom is -0.198 e. The molecular weight excluding hydrogens is 214 g/mol. The molecule has 1 heterocycles. The summed E-state index contributed by atoms with van der Waals surface area (Å²) in [6.07, 6.45) is 0.400. The van der Waals surface area contributed by atoms with Crippen LogP contribution in [0.15, 0.2) is 18.2 Å². The largest absolute Gasteiger partial charge is 0.198 e. The zero-order valence-corrected chi connectivity index (χ0v) is 9.25. The summed E-state index contributed by atoms with van der Waals surface area (Å²) in [7, 11) is 0. The van der Waals surface area contributed by atoms with Crippen LogP contribution in [0.4, 0.5) is 0 Å². The second kappa shape index (κ2) is 3.61. The molecule has 0 amide bonds. The SMILES string of the molecule is Cc1ccc2c(Cl)c(CC#N)sc2c1. The summed E-state index contributed by atoms with van der Waals surface area (Å²) in [6, 6.07) is 8.29. The van der Waals surface area contributed by atoms with Crippen molar-refractivity contribution in [1.29, 1.82) is 5.26 Å². The normalized spacial score (nSPS) is 10.4. The minimum atomic E-state index is 0.400. The van der Waals surface area contributed by atoms with Gasteiger partial charge in [-0.1, -0.05) is 23.7 Å². The summed E-state index contributed by atoms with van der Waals surface area (Å²) in [5, 5.41) is 10.4. The summed E-state index contributed by atoms with van der Waals surface area (Å²) >= 11 is 7.76. The van der Waals surface area contributed by atoms with E-state index in [2.05, 4.69) is 19.1 Å². The van der Waals surface area contributed by atoms with E-state index >= 15 is 0 Å². The molecule has 0 N–H and O–H groups in total. The highest BCUT2D eigenvalue weighted by molar-refractivity contribution is 7.19. The van der Waals surface area contributed by atoms with Gasteiger partial charge in [0.2, 0.25) is 0 Å². The molecule has 70 valence electrons. The van der Waals surface area contributed by atoms with Crippen LogP contribution in [0.3, 0.4) is 0 Å². The summed E-state index contributed by atoms with van der Waals surface area (Å²) in [4.78, 5) is 0.967. The minimum absolute atomic E-state index is 0.400. The van der Waals surface area contributed by atoms with Gasteiger partial charge in [0.25, 0.3) is 0 Å². The lowest BCUT2D eigenvalue weighted by Crippen LogP contribution is -1.73. The van der Waals surface area contributed by atoms with Crippen molar-refractivity contribution < 1.29 is 0 Å². The van der Waals surface area contributed by atoms with E-state index in [0.717, 1.165) is 15.3 Å². The van der Waals surface area contributed by atoms with Gasteiger partial charge in [0.15, 0.2) is 0 Å². The quantitative estimate of drug-likeness (QED) is 0.716. The second-order valence-corrected chi connectivity index (χ2v) is 4.69. The van der Waals surface area contributed by atoms with Crippen molar-refractivity contribution in [3.8, 4) is 6.07 Å². The van der Waals surface area contributed by atoms with Crippen molar-refractivity contribution >= 4 is 33.0 Å². The van der Waals surface area contributed by atoms with Gasteiger partial charge in [-0.05, 0) is 18.6 Å². The van der Waals surface area contributed by atoms with E-state index in [1.54, 1.807) is 11.3 Å². The number of nitrogens with zero attached hydrogens (tertiary/aromatic N) is 1. The summed E-state index contributed by atoms with van der Waals surface area (Å²) in [5.74, 6) is 0. The van der Waals surface area contributed by atoms with Crippen LogP contribution >= 0.6 is 22.9 Å².